The highest BCUT2D eigenvalue weighted by Crippen LogP contribution is 2.19. The molecule has 1 aromatic rings. The molecule has 1 unspecified atom stereocenters. The first kappa shape index (κ1) is 12.3. The molecule has 0 aliphatic heterocycles. The summed E-state index contributed by atoms with van der Waals surface area (Å²) in [5.41, 5.74) is 1.74. The minimum Gasteiger partial charge on any atom is -0.287 e. The van der Waals surface area contributed by atoms with Crippen molar-refractivity contribution >= 4 is 0 Å². The van der Waals surface area contributed by atoms with E-state index in [-0.39, 0.29) is 6.04 Å². The van der Waals surface area contributed by atoms with E-state index in [0.29, 0.717) is 5.56 Å². The third-order valence-electron chi connectivity index (χ3n) is 2.69. The zero-order valence-corrected chi connectivity index (χ0v) is 9.77. The molecule has 16 heavy (non-hydrogen) atoms. The third-order valence-corrected chi connectivity index (χ3v) is 2.69. The van der Waals surface area contributed by atoms with E-state index in [1.54, 1.807) is 0 Å². The van der Waals surface area contributed by atoms with Crippen LogP contribution < -0.4 is 0 Å². The Balaban J connectivity index is 2.96. The van der Waals surface area contributed by atoms with Crippen molar-refractivity contribution in [2.75, 3.05) is 13.1 Å². The van der Waals surface area contributed by atoms with Crippen LogP contribution in [0.3, 0.4) is 0 Å². The van der Waals surface area contributed by atoms with E-state index in [2.05, 4.69) is 30.7 Å². The van der Waals surface area contributed by atoms with Crippen molar-refractivity contribution in [3.8, 4) is 18.4 Å². The number of nitriles is 1. The van der Waals surface area contributed by atoms with Gasteiger partial charge in [0, 0.05) is 0 Å². The molecule has 82 valence electrons. The molecule has 0 bridgehead atoms. The average molecular weight is 212 g/mol. The second-order valence-corrected chi connectivity index (χ2v) is 3.52. The van der Waals surface area contributed by atoms with Crippen molar-refractivity contribution < 1.29 is 0 Å². The van der Waals surface area contributed by atoms with Gasteiger partial charge in [-0.05, 0) is 30.8 Å². The Labute approximate surface area is 97.5 Å². The quantitative estimate of drug-likeness (QED) is 0.717. The van der Waals surface area contributed by atoms with Crippen molar-refractivity contribution in [1.29, 1.82) is 5.26 Å². The van der Waals surface area contributed by atoms with Gasteiger partial charge in [-0.2, -0.15) is 5.26 Å². The SMILES string of the molecule is C#CC(c1ccc(C#N)cc1)N(CC)CC. The van der Waals surface area contributed by atoms with Crippen LogP contribution in [0, 0.1) is 23.7 Å². The Morgan fingerprint density at radius 1 is 1.25 bits per heavy atom. The van der Waals surface area contributed by atoms with Gasteiger partial charge in [0.05, 0.1) is 17.7 Å². The number of terminal acetylenes is 1. The summed E-state index contributed by atoms with van der Waals surface area (Å²) in [6, 6.07) is 9.59. The molecule has 1 rings (SSSR count). The second kappa shape index (κ2) is 5.95. The molecule has 0 aliphatic rings. The Hall–Kier alpha value is -1.77. The topological polar surface area (TPSA) is 27.0 Å². The summed E-state index contributed by atoms with van der Waals surface area (Å²) >= 11 is 0. The molecule has 1 atom stereocenters. The number of benzene rings is 1. The molecule has 0 aromatic heterocycles. The number of hydrogen-bond acceptors (Lipinski definition) is 2. The van der Waals surface area contributed by atoms with E-state index in [1.807, 2.05) is 24.3 Å². The lowest BCUT2D eigenvalue weighted by Crippen LogP contribution is -2.27. The molecule has 2 heteroatoms. The Kier molecular flexibility index (Phi) is 4.58. The summed E-state index contributed by atoms with van der Waals surface area (Å²) in [6.07, 6.45) is 5.57. The molecule has 0 heterocycles. The van der Waals surface area contributed by atoms with Crippen LogP contribution in [-0.4, -0.2) is 18.0 Å². The first-order chi connectivity index (χ1) is 7.76. The molecule has 0 amide bonds. The highest BCUT2D eigenvalue weighted by molar-refractivity contribution is 5.35. The van der Waals surface area contributed by atoms with Crippen molar-refractivity contribution in [3.63, 3.8) is 0 Å². The minimum absolute atomic E-state index is 0.00254. The Morgan fingerprint density at radius 2 is 1.81 bits per heavy atom. The monoisotopic (exact) mass is 212 g/mol. The van der Waals surface area contributed by atoms with Crippen LogP contribution in [0.25, 0.3) is 0 Å². The molecule has 0 saturated carbocycles. The van der Waals surface area contributed by atoms with Crippen LogP contribution >= 0.6 is 0 Å². The van der Waals surface area contributed by atoms with Gasteiger partial charge in [0.25, 0.3) is 0 Å². The maximum Gasteiger partial charge on any atom is 0.0991 e. The second-order valence-electron chi connectivity index (χ2n) is 3.52. The zero-order valence-electron chi connectivity index (χ0n) is 9.77. The number of rotatable bonds is 4. The predicted molar refractivity (Wildman–Crippen MR) is 65.7 cm³/mol. The highest BCUT2D eigenvalue weighted by atomic mass is 15.1. The van der Waals surface area contributed by atoms with Gasteiger partial charge in [-0.3, -0.25) is 4.90 Å². The highest BCUT2D eigenvalue weighted by Gasteiger charge is 2.14. The van der Waals surface area contributed by atoms with Crippen LogP contribution in [0.2, 0.25) is 0 Å². The largest absolute Gasteiger partial charge is 0.287 e. The van der Waals surface area contributed by atoms with Gasteiger partial charge in [0.2, 0.25) is 0 Å². The Bertz CT molecular complexity index is 402. The van der Waals surface area contributed by atoms with E-state index < -0.39 is 0 Å². The first-order valence-corrected chi connectivity index (χ1v) is 5.47. The normalized spacial score (nSPS) is 11.8. The summed E-state index contributed by atoms with van der Waals surface area (Å²) < 4.78 is 0. The summed E-state index contributed by atoms with van der Waals surface area (Å²) in [7, 11) is 0. The fourth-order valence-corrected chi connectivity index (χ4v) is 1.74. The van der Waals surface area contributed by atoms with Gasteiger partial charge < -0.3 is 0 Å². The molecule has 0 N–H and O–H groups in total. The molecule has 0 fully saturated rings. The molecule has 0 aliphatic carbocycles. The van der Waals surface area contributed by atoms with Gasteiger partial charge in [0.1, 0.15) is 0 Å². The average Bonchev–Trinajstić information content (AvgIpc) is 2.36. The van der Waals surface area contributed by atoms with E-state index in [9.17, 15) is 0 Å². The third kappa shape index (κ3) is 2.63. The van der Waals surface area contributed by atoms with Crippen molar-refractivity contribution in [2.24, 2.45) is 0 Å². The van der Waals surface area contributed by atoms with E-state index in [4.69, 9.17) is 11.7 Å². The lowest BCUT2D eigenvalue weighted by Gasteiger charge is -2.25. The molecule has 0 saturated heterocycles. The van der Waals surface area contributed by atoms with E-state index >= 15 is 0 Å². The molecule has 0 radical (unpaired) electrons. The van der Waals surface area contributed by atoms with Crippen LogP contribution in [0.5, 0.6) is 0 Å². The smallest absolute Gasteiger partial charge is 0.0991 e. The van der Waals surface area contributed by atoms with Gasteiger partial charge in [0.15, 0.2) is 0 Å². The summed E-state index contributed by atoms with van der Waals surface area (Å²) in [6.45, 7) is 6.03. The predicted octanol–water partition coefficient (Wildman–Crippen LogP) is 2.57. The van der Waals surface area contributed by atoms with Gasteiger partial charge in [-0.25, -0.2) is 0 Å². The zero-order chi connectivity index (χ0) is 12.0. The lowest BCUT2D eigenvalue weighted by molar-refractivity contribution is 0.264. The summed E-state index contributed by atoms with van der Waals surface area (Å²) in [4.78, 5) is 2.21. The molecule has 0 spiro atoms. The maximum absolute atomic E-state index is 8.73. The summed E-state index contributed by atoms with van der Waals surface area (Å²) in [5, 5.41) is 8.73. The lowest BCUT2D eigenvalue weighted by atomic mass is 10.0. The van der Waals surface area contributed by atoms with Crippen molar-refractivity contribution in [1.82, 2.24) is 4.90 Å². The van der Waals surface area contributed by atoms with E-state index in [1.165, 1.54) is 0 Å². The van der Waals surface area contributed by atoms with Crippen LogP contribution in [0.15, 0.2) is 24.3 Å². The standard InChI is InChI=1S/C14H16N2/c1-4-14(16(5-2)6-3)13-9-7-12(11-15)8-10-13/h1,7-10,14H,5-6H2,2-3H3. The maximum atomic E-state index is 8.73. The minimum atomic E-state index is 0.00254. The van der Waals surface area contributed by atoms with Gasteiger partial charge in [-0.1, -0.05) is 31.9 Å². The van der Waals surface area contributed by atoms with Crippen LogP contribution in [0.4, 0.5) is 0 Å². The molecule has 1 aromatic carbocycles. The summed E-state index contributed by atoms with van der Waals surface area (Å²) in [5.74, 6) is 2.80. The van der Waals surface area contributed by atoms with Gasteiger partial charge >= 0.3 is 0 Å². The molecule has 2 nitrogen and oxygen atoms in total. The van der Waals surface area contributed by atoms with Crippen LogP contribution in [-0.2, 0) is 0 Å². The Morgan fingerprint density at radius 3 is 2.19 bits per heavy atom. The number of hydrogen-bond donors (Lipinski definition) is 0. The van der Waals surface area contributed by atoms with Crippen molar-refractivity contribution in [3.05, 3.63) is 35.4 Å². The molecular formula is C14H16N2. The fraction of sp³-hybridized carbons (Fsp3) is 0.357. The first-order valence-electron chi connectivity index (χ1n) is 5.47. The van der Waals surface area contributed by atoms with E-state index in [0.717, 1.165) is 18.7 Å². The van der Waals surface area contributed by atoms with Crippen LogP contribution in [0.1, 0.15) is 31.0 Å². The number of nitrogens with zero attached hydrogens (tertiary/aromatic N) is 2. The fourth-order valence-electron chi connectivity index (χ4n) is 1.74. The van der Waals surface area contributed by atoms with Gasteiger partial charge in [-0.15, -0.1) is 6.42 Å². The molecular weight excluding hydrogens is 196 g/mol. The van der Waals surface area contributed by atoms with Crippen molar-refractivity contribution in [2.45, 2.75) is 19.9 Å².